The Bertz CT molecular complexity index is 273. The van der Waals surface area contributed by atoms with E-state index in [1.807, 2.05) is 17.9 Å². The van der Waals surface area contributed by atoms with E-state index in [1.165, 1.54) is 5.56 Å². The Balaban J connectivity index is 2.20. The molecule has 0 aliphatic heterocycles. The second-order valence-corrected chi connectivity index (χ2v) is 3.79. The third-order valence-corrected chi connectivity index (χ3v) is 2.47. The summed E-state index contributed by atoms with van der Waals surface area (Å²) >= 11 is 0. The van der Waals surface area contributed by atoms with Crippen LogP contribution < -0.4 is 5.32 Å². The van der Waals surface area contributed by atoms with Crippen molar-refractivity contribution in [3.63, 3.8) is 0 Å². The van der Waals surface area contributed by atoms with Crippen LogP contribution in [0.1, 0.15) is 18.9 Å². The number of ether oxygens (including phenoxy) is 1. The molecule has 0 aliphatic rings. The first kappa shape index (κ1) is 12.2. The molecule has 86 valence electrons. The maximum atomic E-state index is 5.12. The molecule has 1 atom stereocenters. The van der Waals surface area contributed by atoms with Gasteiger partial charge in [0, 0.05) is 26.4 Å². The van der Waals surface area contributed by atoms with Gasteiger partial charge in [-0.1, -0.05) is 6.92 Å². The highest BCUT2D eigenvalue weighted by Gasteiger charge is 2.04. The lowest BCUT2D eigenvalue weighted by Gasteiger charge is -2.15. The molecule has 1 rings (SSSR count). The van der Waals surface area contributed by atoms with Crippen molar-refractivity contribution < 1.29 is 4.74 Å². The van der Waals surface area contributed by atoms with Gasteiger partial charge in [0.25, 0.3) is 0 Å². The Morgan fingerprint density at radius 3 is 2.93 bits per heavy atom. The van der Waals surface area contributed by atoms with Gasteiger partial charge < -0.3 is 10.1 Å². The van der Waals surface area contributed by atoms with Crippen molar-refractivity contribution in [3.05, 3.63) is 18.0 Å². The van der Waals surface area contributed by atoms with Gasteiger partial charge in [-0.2, -0.15) is 5.10 Å². The van der Waals surface area contributed by atoms with E-state index in [0.717, 1.165) is 26.0 Å². The fourth-order valence-electron chi connectivity index (χ4n) is 1.54. The first-order valence-electron chi connectivity index (χ1n) is 5.46. The molecule has 0 radical (unpaired) electrons. The van der Waals surface area contributed by atoms with Gasteiger partial charge in [0.05, 0.1) is 12.8 Å². The molecule has 1 N–H and O–H groups in total. The molecule has 0 bridgehead atoms. The normalized spacial score (nSPS) is 13.0. The molecule has 0 spiro atoms. The number of rotatable bonds is 7. The second-order valence-electron chi connectivity index (χ2n) is 3.79. The minimum Gasteiger partial charge on any atom is -0.383 e. The number of methoxy groups -OCH3 is 1. The van der Waals surface area contributed by atoms with Crippen LogP contribution in [0.25, 0.3) is 0 Å². The van der Waals surface area contributed by atoms with Gasteiger partial charge in [0.1, 0.15) is 0 Å². The molecule has 0 fully saturated rings. The summed E-state index contributed by atoms with van der Waals surface area (Å²) in [5.74, 6) is 0. The Morgan fingerprint density at radius 2 is 2.40 bits per heavy atom. The Kier molecular flexibility index (Phi) is 5.36. The summed E-state index contributed by atoms with van der Waals surface area (Å²) in [7, 11) is 3.68. The van der Waals surface area contributed by atoms with Gasteiger partial charge in [0.15, 0.2) is 0 Å². The maximum Gasteiger partial charge on any atom is 0.0615 e. The highest BCUT2D eigenvalue weighted by molar-refractivity contribution is 5.03. The number of aryl methyl sites for hydroxylation is 1. The van der Waals surface area contributed by atoms with Crippen LogP contribution in [0, 0.1) is 0 Å². The quantitative estimate of drug-likeness (QED) is 0.730. The monoisotopic (exact) mass is 211 g/mol. The SMILES string of the molecule is CCC(COC)NCCc1cnn(C)c1. The van der Waals surface area contributed by atoms with Crippen molar-refractivity contribution in [3.8, 4) is 0 Å². The van der Waals surface area contributed by atoms with E-state index in [2.05, 4.69) is 23.5 Å². The van der Waals surface area contributed by atoms with Crippen molar-refractivity contribution in [2.75, 3.05) is 20.3 Å². The van der Waals surface area contributed by atoms with Crippen molar-refractivity contribution in [1.29, 1.82) is 0 Å². The Morgan fingerprint density at radius 1 is 1.60 bits per heavy atom. The minimum absolute atomic E-state index is 0.465. The zero-order valence-electron chi connectivity index (χ0n) is 9.86. The van der Waals surface area contributed by atoms with Gasteiger partial charge >= 0.3 is 0 Å². The molecule has 1 unspecified atom stereocenters. The molecule has 0 aliphatic carbocycles. The van der Waals surface area contributed by atoms with E-state index in [0.29, 0.717) is 6.04 Å². The molecule has 1 heterocycles. The summed E-state index contributed by atoms with van der Waals surface area (Å²) in [5, 5.41) is 7.60. The molecule has 0 aromatic carbocycles. The fourth-order valence-corrected chi connectivity index (χ4v) is 1.54. The molecule has 0 amide bonds. The molecule has 0 saturated carbocycles. The summed E-state index contributed by atoms with van der Waals surface area (Å²) in [6.45, 7) is 3.93. The number of aromatic nitrogens is 2. The van der Waals surface area contributed by atoms with E-state index >= 15 is 0 Å². The molecule has 15 heavy (non-hydrogen) atoms. The fraction of sp³-hybridized carbons (Fsp3) is 0.727. The van der Waals surface area contributed by atoms with Crippen LogP contribution in [-0.4, -0.2) is 36.1 Å². The van der Waals surface area contributed by atoms with Crippen molar-refractivity contribution in [2.45, 2.75) is 25.8 Å². The number of nitrogens with one attached hydrogen (secondary N) is 1. The van der Waals surface area contributed by atoms with Gasteiger partial charge in [-0.3, -0.25) is 4.68 Å². The van der Waals surface area contributed by atoms with E-state index < -0.39 is 0 Å². The zero-order chi connectivity index (χ0) is 11.1. The van der Waals surface area contributed by atoms with Gasteiger partial charge in [-0.05, 0) is 24.9 Å². The average molecular weight is 211 g/mol. The highest BCUT2D eigenvalue weighted by Crippen LogP contribution is 1.97. The second kappa shape index (κ2) is 6.58. The van der Waals surface area contributed by atoms with E-state index in [1.54, 1.807) is 7.11 Å². The van der Waals surface area contributed by atoms with E-state index in [-0.39, 0.29) is 0 Å². The number of nitrogens with zero attached hydrogens (tertiary/aromatic N) is 2. The lowest BCUT2D eigenvalue weighted by molar-refractivity contribution is 0.165. The smallest absolute Gasteiger partial charge is 0.0615 e. The molecule has 0 saturated heterocycles. The minimum atomic E-state index is 0.465. The average Bonchev–Trinajstić information content (AvgIpc) is 2.63. The predicted molar refractivity (Wildman–Crippen MR) is 60.9 cm³/mol. The summed E-state index contributed by atoms with van der Waals surface area (Å²) in [4.78, 5) is 0. The lowest BCUT2D eigenvalue weighted by Crippen LogP contribution is -2.33. The van der Waals surface area contributed by atoms with Gasteiger partial charge in [0.2, 0.25) is 0 Å². The standard InChI is InChI=1S/C11H21N3O/c1-4-11(9-15-3)12-6-5-10-7-13-14(2)8-10/h7-8,11-12H,4-6,9H2,1-3H3. The zero-order valence-corrected chi connectivity index (χ0v) is 9.86. The van der Waals surface area contributed by atoms with E-state index in [4.69, 9.17) is 4.74 Å². The topological polar surface area (TPSA) is 39.1 Å². The first-order valence-corrected chi connectivity index (χ1v) is 5.46. The lowest BCUT2D eigenvalue weighted by atomic mass is 10.2. The number of hydrogen-bond acceptors (Lipinski definition) is 3. The van der Waals surface area contributed by atoms with Crippen LogP contribution in [0.15, 0.2) is 12.4 Å². The number of hydrogen-bond donors (Lipinski definition) is 1. The van der Waals surface area contributed by atoms with E-state index in [9.17, 15) is 0 Å². The van der Waals surface area contributed by atoms with Crippen LogP contribution in [0.4, 0.5) is 0 Å². The Labute approximate surface area is 91.6 Å². The van der Waals surface area contributed by atoms with Crippen LogP contribution in [-0.2, 0) is 18.2 Å². The van der Waals surface area contributed by atoms with Crippen LogP contribution in [0.5, 0.6) is 0 Å². The third-order valence-electron chi connectivity index (χ3n) is 2.47. The van der Waals surface area contributed by atoms with Crippen LogP contribution >= 0.6 is 0 Å². The highest BCUT2D eigenvalue weighted by atomic mass is 16.5. The van der Waals surface area contributed by atoms with Crippen molar-refractivity contribution in [2.24, 2.45) is 7.05 Å². The molecular formula is C11H21N3O. The maximum absolute atomic E-state index is 5.12. The Hall–Kier alpha value is -0.870. The molecular weight excluding hydrogens is 190 g/mol. The molecule has 4 nitrogen and oxygen atoms in total. The van der Waals surface area contributed by atoms with Crippen LogP contribution in [0.2, 0.25) is 0 Å². The first-order chi connectivity index (χ1) is 7.26. The summed E-state index contributed by atoms with van der Waals surface area (Å²) in [6.07, 6.45) is 6.09. The summed E-state index contributed by atoms with van der Waals surface area (Å²) in [5.41, 5.74) is 1.28. The summed E-state index contributed by atoms with van der Waals surface area (Å²) in [6, 6.07) is 0.465. The largest absolute Gasteiger partial charge is 0.383 e. The summed E-state index contributed by atoms with van der Waals surface area (Å²) < 4.78 is 6.96. The third kappa shape index (κ3) is 4.44. The molecule has 1 aromatic rings. The van der Waals surface area contributed by atoms with Crippen molar-refractivity contribution in [1.82, 2.24) is 15.1 Å². The van der Waals surface area contributed by atoms with Crippen molar-refractivity contribution >= 4 is 0 Å². The van der Waals surface area contributed by atoms with Gasteiger partial charge in [-0.15, -0.1) is 0 Å². The molecule has 4 heteroatoms. The van der Waals surface area contributed by atoms with Gasteiger partial charge in [-0.25, -0.2) is 0 Å². The predicted octanol–water partition coefficient (Wildman–Crippen LogP) is 0.977. The van der Waals surface area contributed by atoms with Crippen LogP contribution in [0.3, 0.4) is 0 Å². The molecule has 1 aromatic heterocycles.